The molecule has 0 unspecified atom stereocenters. The van der Waals surface area contributed by atoms with E-state index in [9.17, 15) is 4.79 Å². The van der Waals surface area contributed by atoms with Gasteiger partial charge in [-0.25, -0.2) is 4.98 Å². The second-order valence-electron chi connectivity index (χ2n) is 7.08. The van der Waals surface area contributed by atoms with Crippen LogP contribution >= 0.6 is 35.3 Å². The van der Waals surface area contributed by atoms with Gasteiger partial charge < -0.3 is 14.1 Å². The Morgan fingerprint density at radius 3 is 2.66 bits per heavy atom. The number of halogens is 2. The van der Waals surface area contributed by atoms with E-state index in [1.165, 1.54) is 11.3 Å². The van der Waals surface area contributed by atoms with Gasteiger partial charge in [-0.15, -0.1) is 12.4 Å². The third-order valence-electron chi connectivity index (χ3n) is 5.29. The Hall–Kier alpha value is -2.32. The molecule has 0 N–H and O–H groups in total. The molecule has 0 bridgehead atoms. The van der Waals surface area contributed by atoms with E-state index < -0.39 is 0 Å². The van der Waals surface area contributed by atoms with Crippen molar-refractivity contribution in [3.05, 3.63) is 53.2 Å². The van der Waals surface area contributed by atoms with Crippen LogP contribution in [0.25, 0.3) is 21.2 Å². The van der Waals surface area contributed by atoms with Crippen LogP contribution < -0.4 is 9.64 Å². The van der Waals surface area contributed by atoms with Gasteiger partial charge in [-0.1, -0.05) is 48.9 Å². The van der Waals surface area contributed by atoms with Crippen LogP contribution in [0.15, 0.2) is 46.9 Å². The quantitative estimate of drug-likeness (QED) is 0.296. The first-order chi connectivity index (χ1) is 15.0. The van der Waals surface area contributed by atoms with Crippen molar-refractivity contribution in [1.82, 2.24) is 9.88 Å². The molecule has 0 aliphatic carbocycles. The summed E-state index contributed by atoms with van der Waals surface area (Å²) in [6.07, 6.45) is 0. The number of likely N-dealkylation sites (N-methyl/N-ethyl adjacent to an activating group) is 1. The average Bonchev–Trinajstić information content (AvgIpc) is 3.40. The minimum atomic E-state index is -0.226. The van der Waals surface area contributed by atoms with Gasteiger partial charge in [0.25, 0.3) is 5.91 Å². The zero-order valence-electron chi connectivity index (χ0n) is 18.1. The highest BCUT2D eigenvalue weighted by Gasteiger charge is 2.25. The van der Waals surface area contributed by atoms with Crippen LogP contribution in [-0.2, 0) is 0 Å². The van der Waals surface area contributed by atoms with Crippen molar-refractivity contribution in [1.29, 1.82) is 0 Å². The molecule has 0 radical (unpaired) electrons. The number of furan rings is 1. The number of carbonyl (C=O) groups excluding carboxylic acids is 1. The van der Waals surface area contributed by atoms with Crippen molar-refractivity contribution < 1.29 is 13.9 Å². The SMILES string of the molecule is CCN(CC)CCN(C(=O)c1cc2cccc(OC)c2o1)c1nc2ccc(Cl)cc2s1.Cl. The second-order valence-corrected chi connectivity index (χ2v) is 8.53. The first kappa shape index (κ1) is 24.3. The maximum atomic E-state index is 13.6. The van der Waals surface area contributed by atoms with Crippen LogP contribution in [0.5, 0.6) is 5.75 Å². The Labute approximate surface area is 202 Å². The lowest BCUT2D eigenvalue weighted by atomic mass is 10.2. The number of carbonyl (C=O) groups is 1. The van der Waals surface area contributed by atoms with Crippen molar-refractivity contribution >= 4 is 67.6 Å². The molecule has 0 spiro atoms. The molecular weight excluding hydrogens is 469 g/mol. The van der Waals surface area contributed by atoms with Crippen LogP contribution in [0.2, 0.25) is 5.02 Å². The van der Waals surface area contributed by atoms with Crippen molar-refractivity contribution in [3.8, 4) is 5.75 Å². The molecule has 0 saturated carbocycles. The summed E-state index contributed by atoms with van der Waals surface area (Å²) < 4.78 is 12.2. The zero-order valence-corrected chi connectivity index (χ0v) is 20.5. The maximum Gasteiger partial charge on any atom is 0.295 e. The van der Waals surface area contributed by atoms with Crippen LogP contribution in [0, 0.1) is 0 Å². The molecule has 2 heterocycles. The molecule has 0 fully saturated rings. The van der Waals surface area contributed by atoms with Gasteiger partial charge >= 0.3 is 0 Å². The minimum Gasteiger partial charge on any atom is -0.493 e. The van der Waals surface area contributed by atoms with Crippen molar-refractivity contribution in [2.24, 2.45) is 0 Å². The summed E-state index contributed by atoms with van der Waals surface area (Å²) in [5.74, 6) is 0.632. The number of amides is 1. The molecule has 0 aliphatic heterocycles. The van der Waals surface area contributed by atoms with E-state index in [1.807, 2.05) is 30.3 Å². The van der Waals surface area contributed by atoms with Crippen molar-refractivity contribution in [2.75, 3.05) is 38.2 Å². The number of ether oxygens (including phenoxy) is 1. The fourth-order valence-electron chi connectivity index (χ4n) is 3.50. The van der Waals surface area contributed by atoms with Crippen LogP contribution in [-0.4, -0.2) is 49.1 Å². The maximum absolute atomic E-state index is 13.6. The predicted octanol–water partition coefficient (Wildman–Crippen LogP) is 6.11. The van der Waals surface area contributed by atoms with E-state index in [0.717, 1.165) is 35.2 Å². The Bertz CT molecular complexity index is 1220. The van der Waals surface area contributed by atoms with Crippen LogP contribution in [0.3, 0.4) is 0 Å². The molecule has 1 amide bonds. The summed E-state index contributed by atoms with van der Waals surface area (Å²) in [6.45, 7) is 7.29. The molecule has 4 rings (SSSR count). The molecule has 2 aromatic carbocycles. The van der Waals surface area contributed by atoms with Gasteiger partial charge in [-0.3, -0.25) is 9.69 Å². The highest BCUT2D eigenvalue weighted by molar-refractivity contribution is 7.22. The number of anilines is 1. The number of hydrogen-bond donors (Lipinski definition) is 0. The monoisotopic (exact) mass is 493 g/mol. The van der Waals surface area contributed by atoms with Gasteiger partial charge in [0.2, 0.25) is 0 Å². The van der Waals surface area contributed by atoms with Gasteiger partial charge in [-0.2, -0.15) is 0 Å². The third kappa shape index (κ3) is 4.86. The first-order valence-electron chi connectivity index (χ1n) is 10.2. The molecule has 32 heavy (non-hydrogen) atoms. The number of thiazole rings is 1. The molecule has 2 aromatic heterocycles. The third-order valence-corrected chi connectivity index (χ3v) is 6.56. The highest BCUT2D eigenvalue weighted by atomic mass is 35.5. The number of aromatic nitrogens is 1. The molecule has 0 aliphatic rings. The Balaban J connectivity index is 0.00000289. The normalized spacial score (nSPS) is 11.2. The molecule has 170 valence electrons. The van der Waals surface area contributed by atoms with Gasteiger partial charge in [-0.05, 0) is 43.4 Å². The van der Waals surface area contributed by atoms with E-state index in [4.69, 9.17) is 25.7 Å². The lowest BCUT2D eigenvalue weighted by Crippen LogP contribution is -2.38. The molecule has 6 nitrogen and oxygen atoms in total. The summed E-state index contributed by atoms with van der Waals surface area (Å²) in [4.78, 5) is 22.2. The number of para-hydroxylation sites is 1. The van der Waals surface area contributed by atoms with Gasteiger partial charge in [0.05, 0.1) is 17.3 Å². The highest BCUT2D eigenvalue weighted by Crippen LogP contribution is 2.33. The largest absolute Gasteiger partial charge is 0.493 e. The number of rotatable bonds is 8. The van der Waals surface area contributed by atoms with E-state index in [2.05, 4.69) is 18.7 Å². The predicted molar refractivity (Wildman–Crippen MR) is 134 cm³/mol. The summed E-state index contributed by atoms with van der Waals surface area (Å²) in [6, 6.07) is 12.9. The summed E-state index contributed by atoms with van der Waals surface area (Å²) in [7, 11) is 1.58. The van der Waals surface area contributed by atoms with Crippen LogP contribution in [0.4, 0.5) is 5.13 Å². The number of methoxy groups -OCH3 is 1. The van der Waals surface area contributed by atoms with Crippen molar-refractivity contribution in [3.63, 3.8) is 0 Å². The first-order valence-corrected chi connectivity index (χ1v) is 11.4. The van der Waals surface area contributed by atoms with E-state index in [1.54, 1.807) is 24.1 Å². The van der Waals surface area contributed by atoms with Crippen molar-refractivity contribution in [2.45, 2.75) is 13.8 Å². The number of benzene rings is 2. The van der Waals surface area contributed by atoms with Crippen LogP contribution in [0.1, 0.15) is 24.4 Å². The van der Waals surface area contributed by atoms with Gasteiger partial charge in [0, 0.05) is 23.5 Å². The molecular formula is C23H25Cl2N3O3S. The van der Waals surface area contributed by atoms with E-state index in [0.29, 0.717) is 28.0 Å². The summed E-state index contributed by atoms with van der Waals surface area (Å²) >= 11 is 7.59. The Morgan fingerprint density at radius 1 is 1.16 bits per heavy atom. The Morgan fingerprint density at radius 2 is 1.94 bits per heavy atom. The number of nitrogens with zero attached hydrogens (tertiary/aromatic N) is 3. The zero-order chi connectivity index (χ0) is 22.0. The Kier molecular flexibility index (Phi) is 8.00. The summed E-state index contributed by atoms with van der Waals surface area (Å²) in [5, 5.41) is 2.09. The number of hydrogen-bond acceptors (Lipinski definition) is 6. The lowest BCUT2D eigenvalue weighted by Gasteiger charge is -2.24. The van der Waals surface area contributed by atoms with Gasteiger partial charge in [0.1, 0.15) is 0 Å². The fraction of sp³-hybridized carbons (Fsp3) is 0.304. The minimum absolute atomic E-state index is 0. The lowest BCUT2D eigenvalue weighted by molar-refractivity contribution is 0.0959. The smallest absolute Gasteiger partial charge is 0.295 e. The second kappa shape index (κ2) is 10.5. The standard InChI is InChI=1S/C23H24ClN3O3S.ClH/c1-4-26(5-2)11-12-27(23-25-17-10-9-16(24)14-20(17)31-23)22(28)19-13-15-7-6-8-18(29-3)21(15)30-19;/h6-10,13-14H,4-5,11-12H2,1-3H3;1H. The summed E-state index contributed by atoms with van der Waals surface area (Å²) in [5.41, 5.74) is 1.38. The fourth-order valence-corrected chi connectivity index (χ4v) is 4.77. The average molecular weight is 494 g/mol. The topological polar surface area (TPSA) is 58.8 Å². The molecule has 0 saturated heterocycles. The van der Waals surface area contributed by atoms with Gasteiger partial charge in [0.15, 0.2) is 22.2 Å². The molecule has 9 heteroatoms. The van der Waals surface area contributed by atoms with E-state index in [-0.39, 0.29) is 24.1 Å². The molecule has 4 aromatic rings. The number of fused-ring (bicyclic) bond motifs is 2. The molecule has 0 atom stereocenters. The van der Waals surface area contributed by atoms with E-state index >= 15 is 0 Å².